The minimum Gasteiger partial charge on any atom is -0.354 e. The summed E-state index contributed by atoms with van der Waals surface area (Å²) in [6, 6.07) is 8.30. The summed E-state index contributed by atoms with van der Waals surface area (Å²) in [6.45, 7) is 0. The van der Waals surface area contributed by atoms with Gasteiger partial charge < -0.3 is 10.3 Å². The molecule has 118 valence electrons. The van der Waals surface area contributed by atoms with Crippen LogP contribution in [0.15, 0.2) is 30.5 Å². The molecule has 4 nitrogen and oxygen atoms in total. The molecule has 2 N–H and O–H groups in total. The van der Waals surface area contributed by atoms with Crippen molar-refractivity contribution in [3.63, 3.8) is 0 Å². The summed E-state index contributed by atoms with van der Waals surface area (Å²) in [5.41, 5.74) is 3.87. The van der Waals surface area contributed by atoms with Gasteiger partial charge in [0.1, 0.15) is 5.69 Å². The molecule has 0 aliphatic heterocycles. The van der Waals surface area contributed by atoms with Gasteiger partial charge in [0.2, 0.25) is 0 Å². The van der Waals surface area contributed by atoms with Crippen molar-refractivity contribution >= 4 is 27.7 Å². The molecule has 1 aliphatic rings. The fourth-order valence-electron chi connectivity index (χ4n) is 3.95. The van der Waals surface area contributed by atoms with Crippen molar-refractivity contribution in [3.8, 4) is 0 Å². The fourth-order valence-corrected chi connectivity index (χ4v) is 3.95. The number of hydrogen-bond donors (Lipinski definition) is 2. The molecule has 0 unspecified atom stereocenters. The third-order valence-electron chi connectivity index (χ3n) is 5.04. The third-order valence-corrected chi connectivity index (χ3v) is 5.04. The molecule has 1 amide bonds. The van der Waals surface area contributed by atoms with Crippen LogP contribution in [0.4, 0.5) is 0 Å². The minimum absolute atomic E-state index is 0.0854. The predicted octanol–water partition coefficient (Wildman–Crippen LogP) is 4.12. The maximum Gasteiger partial charge on any atom is 0.269 e. The highest BCUT2D eigenvalue weighted by Crippen LogP contribution is 2.40. The number of carbonyl (C=O) groups excluding carboxylic acids is 1. The number of H-pyrrole nitrogens is 1. The van der Waals surface area contributed by atoms with Crippen LogP contribution in [0, 0.1) is 0 Å². The zero-order chi connectivity index (χ0) is 15.8. The maximum atomic E-state index is 12.4. The van der Waals surface area contributed by atoms with Crippen LogP contribution in [0.5, 0.6) is 0 Å². The fraction of sp³-hybridized carbons (Fsp3) is 0.368. The van der Waals surface area contributed by atoms with Gasteiger partial charge in [-0.2, -0.15) is 0 Å². The van der Waals surface area contributed by atoms with E-state index in [9.17, 15) is 4.79 Å². The van der Waals surface area contributed by atoms with Gasteiger partial charge in [-0.05, 0) is 30.4 Å². The Bertz CT molecular complexity index is 875. The summed E-state index contributed by atoms with van der Waals surface area (Å²) >= 11 is 0. The van der Waals surface area contributed by atoms with Crippen molar-refractivity contribution in [2.24, 2.45) is 0 Å². The number of aromatic amines is 1. The third kappa shape index (κ3) is 2.29. The topological polar surface area (TPSA) is 57.8 Å². The summed E-state index contributed by atoms with van der Waals surface area (Å²) in [5.74, 6) is 0.337. The van der Waals surface area contributed by atoms with Crippen LogP contribution in [-0.4, -0.2) is 22.9 Å². The van der Waals surface area contributed by atoms with Gasteiger partial charge in [0, 0.05) is 23.3 Å². The molecule has 0 saturated heterocycles. The summed E-state index contributed by atoms with van der Waals surface area (Å²) < 4.78 is 0. The van der Waals surface area contributed by atoms with Gasteiger partial charge in [-0.3, -0.25) is 4.79 Å². The minimum atomic E-state index is -0.0854. The highest BCUT2D eigenvalue weighted by atomic mass is 16.1. The van der Waals surface area contributed by atoms with E-state index in [0.717, 1.165) is 29.4 Å². The normalized spacial score (nSPS) is 16.0. The van der Waals surface area contributed by atoms with Gasteiger partial charge in [0.25, 0.3) is 5.91 Å². The van der Waals surface area contributed by atoms with Crippen molar-refractivity contribution in [1.82, 2.24) is 15.3 Å². The lowest BCUT2D eigenvalue weighted by Crippen LogP contribution is -2.23. The number of rotatable bonds is 2. The molecule has 0 bridgehead atoms. The smallest absolute Gasteiger partial charge is 0.269 e. The zero-order valence-electron chi connectivity index (χ0n) is 13.4. The molecule has 2 heterocycles. The standard InChI is InChI=1S/C19H21N3O/c1-20-19(23)18-16(12-7-3-2-4-8-12)17-13-9-5-6-10-14(13)22-15(17)11-21-18/h5-6,9-12,22H,2-4,7-8H2,1H3,(H,20,23). The molecule has 1 saturated carbocycles. The summed E-state index contributed by atoms with van der Waals surface area (Å²) in [7, 11) is 1.67. The highest BCUT2D eigenvalue weighted by Gasteiger charge is 2.26. The van der Waals surface area contributed by atoms with Gasteiger partial charge in [-0.15, -0.1) is 0 Å². The zero-order valence-corrected chi connectivity index (χ0v) is 13.4. The Morgan fingerprint density at radius 1 is 1.17 bits per heavy atom. The lowest BCUT2D eigenvalue weighted by atomic mass is 9.81. The maximum absolute atomic E-state index is 12.4. The monoisotopic (exact) mass is 307 g/mol. The number of pyridine rings is 1. The molecule has 4 heteroatoms. The molecule has 1 aromatic carbocycles. The SMILES string of the molecule is CNC(=O)c1ncc2[nH]c3ccccc3c2c1C1CCCCC1. The van der Waals surface area contributed by atoms with E-state index in [0.29, 0.717) is 11.6 Å². The molecule has 23 heavy (non-hydrogen) atoms. The highest BCUT2D eigenvalue weighted by molar-refractivity contribution is 6.11. The number of aromatic nitrogens is 2. The van der Waals surface area contributed by atoms with E-state index in [2.05, 4.69) is 33.5 Å². The first-order chi connectivity index (χ1) is 11.3. The molecule has 0 radical (unpaired) electrons. The Labute approximate surface area is 135 Å². The molecule has 1 aliphatic carbocycles. The van der Waals surface area contributed by atoms with Crippen LogP contribution in [-0.2, 0) is 0 Å². The van der Waals surface area contributed by atoms with E-state index in [-0.39, 0.29) is 5.91 Å². The van der Waals surface area contributed by atoms with Crippen LogP contribution in [0.25, 0.3) is 21.8 Å². The van der Waals surface area contributed by atoms with E-state index in [4.69, 9.17) is 0 Å². The molecular formula is C19H21N3O. The van der Waals surface area contributed by atoms with E-state index in [1.54, 1.807) is 13.2 Å². The van der Waals surface area contributed by atoms with Crippen LogP contribution in [0.2, 0.25) is 0 Å². The van der Waals surface area contributed by atoms with Gasteiger partial charge in [0.05, 0.1) is 11.7 Å². The summed E-state index contributed by atoms with van der Waals surface area (Å²) in [4.78, 5) is 20.3. The lowest BCUT2D eigenvalue weighted by molar-refractivity contribution is 0.0956. The first-order valence-corrected chi connectivity index (χ1v) is 8.41. The molecular weight excluding hydrogens is 286 g/mol. The Balaban J connectivity index is 2.05. The Hall–Kier alpha value is -2.36. The van der Waals surface area contributed by atoms with E-state index in [1.807, 2.05) is 6.07 Å². The molecule has 1 fully saturated rings. The summed E-state index contributed by atoms with van der Waals surface area (Å²) in [6.07, 6.45) is 7.84. The van der Waals surface area contributed by atoms with Crippen LogP contribution in [0.1, 0.15) is 54.1 Å². The van der Waals surface area contributed by atoms with Crippen molar-refractivity contribution in [2.75, 3.05) is 7.05 Å². The number of benzene rings is 1. The first-order valence-electron chi connectivity index (χ1n) is 8.41. The predicted molar refractivity (Wildman–Crippen MR) is 92.8 cm³/mol. The number of para-hydroxylation sites is 1. The van der Waals surface area contributed by atoms with Gasteiger partial charge in [-0.25, -0.2) is 4.98 Å². The van der Waals surface area contributed by atoms with Crippen LogP contribution < -0.4 is 5.32 Å². The van der Waals surface area contributed by atoms with Crippen molar-refractivity contribution in [3.05, 3.63) is 41.7 Å². The molecule has 4 rings (SSSR count). The van der Waals surface area contributed by atoms with Crippen molar-refractivity contribution in [1.29, 1.82) is 0 Å². The number of nitrogens with zero attached hydrogens (tertiary/aromatic N) is 1. The van der Waals surface area contributed by atoms with Crippen molar-refractivity contribution < 1.29 is 4.79 Å². The number of carbonyl (C=O) groups is 1. The van der Waals surface area contributed by atoms with E-state index >= 15 is 0 Å². The number of nitrogens with one attached hydrogen (secondary N) is 2. The Morgan fingerprint density at radius 3 is 2.74 bits per heavy atom. The molecule has 3 aromatic rings. The van der Waals surface area contributed by atoms with Crippen LogP contribution >= 0.6 is 0 Å². The van der Waals surface area contributed by atoms with Crippen molar-refractivity contribution in [2.45, 2.75) is 38.0 Å². The second-order valence-electron chi connectivity index (χ2n) is 6.39. The summed E-state index contributed by atoms with van der Waals surface area (Å²) in [5, 5.41) is 5.13. The molecule has 0 atom stereocenters. The molecule has 2 aromatic heterocycles. The van der Waals surface area contributed by atoms with Crippen LogP contribution in [0.3, 0.4) is 0 Å². The average molecular weight is 307 g/mol. The van der Waals surface area contributed by atoms with Gasteiger partial charge >= 0.3 is 0 Å². The second-order valence-corrected chi connectivity index (χ2v) is 6.39. The largest absolute Gasteiger partial charge is 0.354 e. The lowest BCUT2D eigenvalue weighted by Gasteiger charge is -2.24. The Morgan fingerprint density at radius 2 is 1.96 bits per heavy atom. The Kier molecular flexibility index (Phi) is 3.52. The molecule has 0 spiro atoms. The first kappa shape index (κ1) is 14.2. The quantitative estimate of drug-likeness (QED) is 0.748. The van der Waals surface area contributed by atoms with E-state index in [1.165, 1.54) is 30.0 Å². The number of fused-ring (bicyclic) bond motifs is 3. The van der Waals surface area contributed by atoms with E-state index < -0.39 is 0 Å². The number of hydrogen-bond acceptors (Lipinski definition) is 2. The second kappa shape index (κ2) is 5.69. The average Bonchev–Trinajstić information content (AvgIpc) is 2.99. The van der Waals surface area contributed by atoms with Gasteiger partial charge in [0.15, 0.2) is 0 Å². The number of amides is 1. The van der Waals surface area contributed by atoms with Gasteiger partial charge in [-0.1, -0.05) is 37.5 Å².